The molecule has 2 heterocycles. The van der Waals surface area contributed by atoms with E-state index in [1.54, 1.807) is 20.8 Å². The number of ether oxygens (including phenoxy) is 3. The molecule has 1 amide bonds. The summed E-state index contributed by atoms with van der Waals surface area (Å²) >= 11 is 0. The first-order valence-corrected chi connectivity index (χ1v) is 9.38. The molecule has 1 aromatic rings. The number of anilines is 1. The van der Waals surface area contributed by atoms with Gasteiger partial charge in [-0.1, -0.05) is 20.8 Å². The smallest absolute Gasteiger partial charge is 0.351 e. The van der Waals surface area contributed by atoms with Gasteiger partial charge in [-0.15, -0.1) is 0 Å². The van der Waals surface area contributed by atoms with Crippen LogP contribution >= 0.6 is 0 Å². The van der Waals surface area contributed by atoms with Gasteiger partial charge in [-0.2, -0.15) is 4.98 Å². The number of aliphatic hydroxyl groups excluding tert-OH is 1. The predicted molar refractivity (Wildman–Crippen MR) is 98.8 cm³/mol. The van der Waals surface area contributed by atoms with E-state index in [9.17, 15) is 24.3 Å². The summed E-state index contributed by atoms with van der Waals surface area (Å²) in [6.07, 6.45) is -2.78. The van der Waals surface area contributed by atoms with Crippen molar-refractivity contribution in [1.29, 1.82) is 0 Å². The van der Waals surface area contributed by atoms with E-state index >= 15 is 0 Å². The number of esters is 2. The highest BCUT2D eigenvalue weighted by molar-refractivity contribution is 5.89. The molecule has 4 atom stereocenters. The Morgan fingerprint density at radius 1 is 1.14 bits per heavy atom. The molecule has 0 bridgehead atoms. The van der Waals surface area contributed by atoms with Crippen LogP contribution < -0.4 is 11.0 Å². The molecule has 11 heteroatoms. The van der Waals surface area contributed by atoms with E-state index in [4.69, 9.17) is 14.2 Å². The van der Waals surface area contributed by atoms with Crippen molar-refractivity contribution >= 4 is 23.7 Å². The fourth-order valence-electron chi connectivity index (χ4n) is 2.72. The SMILES string of the molecule is CCC(=O)Nc1ccn([C@@H]2O[C@H](CO)[C@@H](OC(=O)CC)[C@H]2OC(=O)CC)c(=O)n1. The molecule has 2 N–H and O–H groups in total. The maximum absolute atomic E-state index is 12.5. The minimum absolute atomic E-state index is 0.0522. The van der Waals surface area contributed by atoms with Crippen molar-refractivity contribution in [2.75, 3.05) is 11.9 Å². The van der Waals surface area contributed by atoms with Gasteiger partial charge in [0.15, 0.2) is 18.4 Å². The second kappa shape index (κ2) is 10.1. The molecule has 0 unspecified atom stereocenters. The predicted octanol–water partition coefficient (Wildman–Crippen LogP) is 0.125. The zero-order chi connectivity index (χ0) is 21.6. The van der Waals surface area contributed by atoms with Crippen LogP contribution in [-0.4, -0.2) is 57.4 Å². The van der Waals surface area contributed by atoms with Crippen molar-refractivity contribution in [1.82, 2.24) is 9.55 Å². The number of aromatic nitrogens is 2. The highest BCUT2D eigenvalue weighted by Gasteiger charge is 2.50. The monoisotopic (exact) mass is 411 g/mol. The van der Waals surface area contributed by atoms with Crippen LogP contribution in [0.2, 0.25) is 0 Å². The number of carbonyl (C=O) groups excluding carboxylic acids is 3. The number of hydrogen-bond donors (Lipinski definition) is 2. The van der Waals surface area contributed by atoms with Crippen LogP contribution in [0.4, 0.5) is 5.82 Å². The lowest BCUT2D eigenvalue weighted by Gasteiger charge is -2.24. The van der Waals surface area contributed by atoms with Crippen molar-refractivity contribution < 1.29 is 33.7 Å². The number of nitrogens with zero attached hydrogens (tertiary/aromatic N) is 2. The van der Waals surface area contributed by atoms with E-state index in [-0.39, 0.29) is 31.0 Å². The fourth-order valence-corrected chi connectivity index (χ4v) is 2.72. The average molecular weight is 411 g/mol. The fraction of sp³-hybridized carbons (Fsp3) is 0.611. The Morgan fingerprint density at radius 2 is 1.76 bits per heavy atom. The highest BCUT2D eigenvalue weighted by Crippen LogP contribution is 2.33. The summed E-state index contributed by atoms with van der Waals surface area (Å²) in [6, 6.07) is 1.39. The molecule has 0 saturated carbocycles. The van der Waals surface area contributed by atoms with Crippen LogP contribution in [0.15, 0.2) is 17.1 Å². The molecule has 0 aromatic carbocycles. The Hall–Kier alpha value is -2.79. The largest absolute Gasteiger partial charge is 0.455 e. The Bertz CT molecular complexity index is 809. The molecule has 160 valence electrons. The lowest BCUT2D eigenvalue weighted by Crippen LogP contribution is -2.42. The van der Waals surface area contributed by atoms with Gasteiger partial charge in [0.1, 0.15) is 11.9 Å². The van der Waals surface area contributed by atoms with Crippen LogP contribution in [0.1, 0.15) is 46.3 Å². The van der Waals surface area contributed by atoms with E-state index in [0.717, 1.165) is 4.57 Å². The van der Waals surface area contributed by atoms with Gasteiger partial charge in [0.05, 0.1) is 6.61 Å². The zero-order valence-electron chi connectivity index (χ0n) is 16.5. The Kier molecular flexibility index (Phi) is 7.85. The lowest BCUT2D eigenvalue weighted by molar-refractivity contribution is -0.168. The van der Waals surface area contributed by atoms with Gasteiger partial charge in [0.25, 0.3) is 0 Å². The molecular weight excluding hydrogens is 386 g/mol. The third-order valence-corrected chi connectivity index (χ3v) is 4.27. The lowest BCUT2D eigenvalue weighted by atomic mass is 10.1. The molecule has 29 heavy (non-hydrogen) atoms. The van der Waals surface area contributed by atoms with Gasteiger partial charge in [0.2, 0.25) is 5.91 Å². The molecule has 2 rings (SSSR count). The minimum atomic E-state index is -1.17. The van der Waals surface area contributed by atoms with E-state index in [1.807, 2.05) is 0 Å². The number of hydrogen-bond acceptors (Lipinski definition) is 9. The van der Waals surface area contributed by atoms with Gasteiger partial charge < -0.3 is 24.6 Å². The van der Waals surface area contributed by atoms with Crippen molar-refractivity contribution in [3.05, 3.63) is 22.7 Å². The third kappa shape index (κ3) is 5.39. The van der Waals surface area contributed by atoms with E-state index < -0.39 is 48.8 Å². The van der Waals surface area contributed by atoms with Crippen LogP contribution in [0, 0.1) is 0 Å². The Balaban J connectivity index is 2.37. The van der Waals surface area contributed by atoms with Crippen LogP contribution in [0.3, 0.4) is 0 Å². The third-order valence-electron chi connectivity index (χ3n) is 4.27. The van der Waals surface area contributed by atoms with Gasteiger partial charge in [-0.3, -0.25) is 19.0 Å². The first-order chi connectivity index (χ1) is 13.8. The first kappa shape index (κ1) is 22.5. The maximum Gasteiger partial charge on any atom is 0.351 e. The number of aliphatic hydroxyl groups is 1. The summed E-state index contributed by atoms with van der Waals surface area (Å²) in [4.78, 5) is 51.4. The standard InChI is InChI=1S/C18H25N3O8/c1-4-12(23)19-11-7-8-21(18(26)20-11)17-16(29-14(25)6-3)15(10(9-22)27-17)28-13(24)5-2/h7-8,10,15-17,22H,4-6,9H2,1-3H3,(H,19,20,23,26)/t10-,15-,16-,17-/m1/s1. The van der Waals surface area contributed by atoms with E-state index in [0.29, 0.717) is 0 Å². The van der Waals surface area contributed by atoms with Gasteiger partial charge in [-0.25, -0.2) is 4.79 Å². The quantitative estimate of drug-likeness (QED) is 0.570. The van der Waals surface area contributed by atoms with Crippen LogP contribution in [-0.2, 0) is 28.6 Å². The number of carbonyl (C=O) groups is 3. The van der Waals surface area contributed by atoms with E-state index in [2.05, 4.69) is 10.3 Å². The Labute approximate surface area is 167 Å². The first-order valence-electron chi connectivity index (χ1n) is 9.38. The van der Waals surface area contributed by atoms with Gasteiger partial charge >= 0.3 is 17.6 Å². The van der Waals surface area contributed by atoms with Crippen molar-refractivity contribution in [2.24, 2.45) is 0 Å². The van der Waals surface area contributed by atoms with Crippen molar-refractivity contribution in [2.45, 2.75) is 64.6 Å². The average Bonchev–Trinajstić information content (AvgIpc) is 3.04. The zero-order valence-corrected chi connectivity index (χ0v) is 16.5. The summed E-state index contributed by atoms with van der Waals surface area (Å²) in [5.41, 5.74) is -0.777. The van der Waals surface area contributed by atoms with Crippen molar-refractivity contribution in [3.8, 4) is 0 Å². The van der Waals surface area contributed by atoms with Gasteiger partial charge in [-0.05, 0) is 6.07 Å². The summed E-state index contributed by atoms with van der Waals surface area (Å²) in [5, 5.41) is 12.1. The van der Waals surface area contributed by atoms with Gasteiger partial charge in [0, 0.05) is 25.5 Å². The molecule has 0 spiro atoms. The summed E-state index contributed by atoms with van der Waals surface area (Å²) in [6.45, 7) is 4.31. The molecule has 1 aliphatic rings. The highest BCUT2D eigenvalue weighted by atomic mass is 16.6. The van der Waals surface area contributed by atoms with Crippen molar-refractivity contribution in [3.63, 3.8) is 0 Å². The topological polar surface area (TPSA) is 146 Å². The summed E-state index contributed by atoms with van der Waals surface area (Å²) < 4.78 is 17.4. The minimum Gasteiger partial charge on any atom is -0.455 e. The van der Waals surface area contributed by atoms with Crippen LogP contribution in [0.25, 0.3) is 0 Å². The molecule has 1 saturated heterocycles. The molecule has 1 aromatic heterocycles. The molecule has 11 nitrogen and oxygen atoms in total. The molecule has 0 aliphatic carbocycles. The molecule has 0 radical (unpaired) electrons. The summed E-state index contributed by atoms with van der Waals surface area (Å²) in [5.74, 6) is -1.41. The molecular formula is C18H25N3O8. The second-order valence-electron chi connectivity index (χ2n) is 6.27. The number of nitrogens with one attached hydrogen (secondary N) is 1. The number of rotatable bonds is 8. The second-order valence-corrected chi connectivity index (χ2v) is 6.27. The summed E-state index contributed by atoms with van der Waals surface area (Å²) in [7, 11) is 0. The maximum atomic E-state index is 12.5. The normalized spacial score (nSPS) is 23.4. The van der Waals surface area contributed by atoms with E-state index in [1.165, 1.54) is 12.3 Å². The molecule has 1 fully saturated rings. The van der Waals surface area contributed by atoms with Crippen LogP contribution in [0.5, 0.6) is 0 Å². The molecule has 1 aliphatic heterocycles. The number of amides is 1. The Morgan fingerprint density at radius 3 is 2.28 bits per heavy atom.